The number of unbranched alkanes of at least 4 members (excludes halogenated alkanes) is 1. The maximum atomic E-state index is 12.7. The molecule has 0 aliphatic rings. The van der Waals surface area contributed by atoms with Gasteiger partial charge in [-0.3, -0.25) is 14.4 Å². The number of aryl methyl sites for hydroxylation is 3. The molecule has 3 amide bonds. The smallest absolute Gasteiger partial charge is 0.407 e. The number of hydrogen-bond acceptors (Lipinski definition) is 11. The number of aromatic nitrogens is 4. The Balaban J connectivity index is 1.13. The van der Waals surface area contributed by atoms with Gasteiger partial charge in [0.15, 0.2) is 5.82 Å². The van der Waals surface area contributed by atoms with Crippen molar-refractivity contribution in [3.05, 3.63) is 93.6 Å². The molecule has 0 spiro atoms. The molecule has 53 heavy (non-hydrogen) atoms. The molecule has 0 atom stereocenters. The first kappa shape index (κ1) is 40.5. The Hall–Kier alpha value is -5.24. The van der Waals surface area contributed by atoms with Crippen molar-refractivity contribution >= 4 is 46.2 Å². The lowest BCUT2D eigenvalue weighted by molar-refractivity contribution is -0.154. The molecule has 4 aromatic rings. The second kappa shape index (κ2) is 19.0. The molecule has 0 fully saturated rings. The molecule has 2 aromatic carbocycles. The van der Waals surface area contributed by atoms with E-state index < -0.39 is 17.3 Å². The summed E-state index contributed by atoms with van der Waals surface area (Å²) in [7, 11) is 0. The van der Waals surface area contributed by atoms with E-state index in [1.807, 2.05) is 75.4 Å². The van der Waals surface area contributed by atoms with Crippen molar-refractivity contribution in [3.63, 3.8) is 0 Å². The van der Waals surface area contributed by atoms with Gasteiger partial charge in [0.1, 0.15) is 16.2 Å². The zero-order valence-corrected chi connectivity index (χ0v) is 32.1. The van der Waals surface area contributed by atoms with Gasteiger partial charge in [0.2, 0.25) is 16.9 Å². The average Bonchev–Trinajstić information content (AvgIpc) is 3.51. The maximum Gasteiger partial charge on any atom is 0.407 e. The monoisotopic (exact) mass is 743 g/mol. The quantitative estimate of drug-likeness (QED) is 0.0843. The summed E-state index contributed by atoms with van der Waals surface area (Å²) < 4.78 is 10.6. The van der Waals surface area contributed by atoms with Crippen LogP contribution in [0.5, 0.6) is 0 Å². The number of benzene rings is 2. The Morgan fingerprint density at radius 3 is 1.94 bits per heavy atom. The van der Waals surface area contributed by atoms with E-state index in [1.54, 1.807) is 26.8 Å². The molecule has 13 nitrogen and oxygen atoms in total. The minimum absolute atomic E-state index is 0.158. The second-order valence-electron chi connectivity index (χ2n) is 14.6. The first-order valence-corrected chi connectivity index (χ1v) is 18.5. The third kappa shape index (κ3) is 15.9. The topological polar surface area (TPSA) is 174 Å². The van der Waals surface area contributed by atoms with Gasteiger partial charge in [0.05, 0.1) is 18.5 Å². The van der Waals surface area contributed by atoms with Crippen LogP contribution in [-0.4, -0.2) is 55.5 Å². The Kier molecular flexibility index (Phi) is 14.5. The number of ether oxygens (including phenoxy) is 2. The molecule has 0 aliphatic heterocycles. The van der Waals surface area contributed by atoms with Gasteiger partial charge in [0, 0.05) is 19.4 Å². The number of nitrogens with one attached hydrogen (secondary N) is 3. The zero-order valence-electron chi connectivity index (χ0n) is 31.3. The summed E-state index contributed by atoms with van der Waals surface area (Å²) in [5, 5.41) is 26.4. The maximum absolute atomic E-state index is 12.7. The number of amides is 3. The molecule has 0 radical (unpaired) electrons. The van der Waals surface area contributed by atoms with Crippen LogP contribution in [0.2, 0.25) is 0 Å². The van der Waals surface area contributed by atoms with E-state index in [0.29, 0.717) is 36.8 Å². The van der Waals surface area contributed by atoms with E-state index in [0.717, 1.165) is 45.8 Å². The van der Waals surface area contributed by atoms with Crippen LogP contribution in [0.1, 0.15) is 93.8 Å². The van der Waals surface area contributed by atoms with Gasteiger partial charge in [-0.05, 0) is 102 Å². The van der Waals surface area contributed by atoms with Gasteiger partial charge < -0.3 is 25.4 Å². The third-order valence-electron chi connectivity index (χ3n) is 7.36. The summed E-state index contributed by atoms with van der Waals surface area (Å²) in [5.74, 6) is -0.279. The third-order valence-corrected chi connectivity index (χ3v) is 8.26. The molecule has 0 bridgehead atoms. The van der Waals surface area contributed by atoms with E-state index in [1.165, 1.54) is 11.3 Å². The fourth-order valence-corrected chi connectivity index (χ4v) is 5.94. The van der Waals surface area contributed by atoms with Crippen molar-refractivity contribution in [2.24, 2.45) is 0 Å². The number of rotatable bonds is 16. The van der Waals surface area contributed by atoms with Crippen LogP contribution in [0, 0.1) is 0 Å². The molecule has 2 aromatic heterocycles. The van der Waals surface area contributed by atoms with Gasteiger partial charge in [-0.25, -0.2) is 4.79 Å². The molecule has 0 saturated heterocycles. The van der Waals surface area contributed by atoms with Crippen molar-refractivity contribution in [2.45, 2.75) is 111 Å². The standard InChI is InChI=1S/C39H49N7O6S/c1-38(2,3)51-35(49)20-17-26-11-9-12-27(21-26)23-32(47)41-31-19-18-30(43-44-31)15-7-8-16-34-45-46-36(53-34)42-33(48)24-28-13-10-14-29(22-28)25-40-37(50)52-39(4,5)6/h9-14,18-19,21-22H,7-8,15-17,20,23-25H2,1-6H3,(H,40,50)(H,41,44,47)(H,42,46,48). The summed E-state index contributed by atoms with van der Waals surface area (Å²) in [6.45, 7) is 11.2. The molecule has 0 saturated carbocycles. The highest BCUT2D eigenvalue weighted by Gasteiger charge is 2.17. The number of carbonyl (C=O) groups excluding carboxylic acids is 4. The number of hydrogen-bond donors (Lipinski definition) is 3. The largest absolute Gasteiger partial charge is 0.460 e. The Morgan fingerprint density at radius 1 is 0.660 bits per heavy atom. The predicted octanol–water partition coefficient (Wildman–Crippen LogP) is 6.55. The fourth-order valence-electron chi connectivity index (χ4n) is 5.14. The molecule has 0 unspecified atom stereocenters. The van der Waals surface area contributed by atoms with Gasteiger partial charge in [-0.2, -0.15) is 5.10 Å². The van der Waals surface area contributed by atoms with Crippen molar-refractivity contribution in [3.8, 4) is 0 Å². The van der Waals surface area contributed by atoms with Crippen LogP contribution < -0.4 is 16.0 Å². The number of nitrogens with zero attached hydrogens (tertiary/aromatic N) is 4. The Labute approximate surface area is 314 Å². The van der Waals surface area contributed by atoms with Crippen LogP contribution >= 0.6 is 11.3 Å². The Morgan fingerprint density at radius 2 is 1.28 bits per heavy atom. The number of alkyl carbamates (subject to hydrolysis) is 1. The lowest BCUT2D eigenvalue weighted by Gasteiger charge is -2.19. The van der Waals surface area contributed by atoms with Gasteiger partial charge in [-0.15, -0.1) is 15.3 Å². The van der Waals surface area contributed by atoms with Crippen LogP contribution in [-0.2, 0) is 62.5 Å². The van der Waals surface area contributed by atoms with E-state index in [2.05, 4.69) is 36.3 Å². The molecular formula is C39H49N7O6S. The van der Waals surface area contributed by atoms with Crippen LogP contribution in [0.3, 0.4) is 0 Å². The lowest BCUT2D eigenvalue weighted by Crippen LogP contribution is -2.32. The lowest BCUT2D eigenvalue weighted by atomic mass is 10.0. The highest BCUT2D eigenvalue weighted by molar-refractivity contribution is 7.15. The van der Waals surface area contributed by atoms with Gasteiger partial charge >= 0.3 is 12.1 Å². The van der Waals surface area contributed by atoms with Crippen LogP contribution in [0.25, 0.3) is 0 Å². The van der Waals surface area contributed by atoms with E-state index in [-0.39, 0.29) is 37.0 Å². The van der Waals surface area contributed by atoms with E-state index in [4.69, 9.17) is 9.47 Å². The predicted molar refractivity (Wildman–Crippen MR) is 203 cm³/mol. The van der Waals surface area contributed by atoms with Crippen molar-refractivity contribution < 1.29 is 28.7 Å². The summed E-state index contributed by atoms with van der Waals surface area (Å²) >= 11 is 1.35. The SMILES string of the molecule is CC(C)(C)OC(=O)CCc1cccc(CC(=O)Nc2ccc(CCCCc3nnc(NC(=O)Cc4cccc(CNC(=O)OC(C)(C)C)c4)s3)nn2)c1. The summed E-state index contributed by atoms with van der Waals surface area (Å²) in [4.78, 5) is 49.4. The molecule has 4 rings (SSSR count). The molecular weight excluding hydrogens is 695 g/mol. The number of anilines is 2. The molecule has 0 aliphatic carbocycles. The second-order valence-corrected chi connectivity index (χ2v) is 15.7. The summed E-state index contributed by atoms with van der Waals surface area (Å²) in [5.41, 5.74) is 3.19. The number of carbonyl (C=O) groups is 4. The molecule has 282 valence electrons. The van der Waals surface area contributed by atoms with Crippen molar-refractivity contribution in [1.82, 2.24) is 25.7 Å². The van der Waals surface area contributed by atoms with Crippen molar-refractivity contribution in [2.75, 3.05) is 10.6 Å². The highest BCUT2D eigenvalue weighted by atomic mass is 32.1. The van der Waals surface area contributed by atoms with Crippen molar-refractivity contribution in [1.29, 1.82) is 0 Å². The molecule has 14 heteroatoms. The van der Waals surface area contributed by atoms with Gasteiger partial charge in [-0.1, -0.05) is 59.9 Å². The average molecular weight is 744 g/mol. The minimum Gasteiger partial charge on any atom is -0.460 e. The van der Waals surface area contributed by atoms with E-state index in [9.17, 15) is 19.2 Å². The normalized spacial score (nSPS) is 11.4. The first-order chi connectivity index (χ1) is 25.1. The number of esters is 1. The molecule has 3 N–H and O–H groups in total. The zero-order chi connectivity index (χ0) is 38.4. The van der Waals surface area contributed by atoms with Gasteiger partial charge in [0.25, 0.3) is 0 Å². The fraction of sp³-hybridized carbons (Fsp3) is 0.436. The molecule has 2 heterocycles. The summed E-state index contributed by atoms with van der Waals surface area (Å²) in [6.07, 6.45) is 3.77. The minimum atomic E-state index is -0.577. The van der Waals surface area contributed by atoms with Crippen LogP contribution in [0.4, 0.5) is 15.7 Å². The summed E-state index contributed by atoms with van der Waals surface area (Å²) in [6, 6.07) is 18.7. The van der Waals surface area contributed by atoms with Crippen LogP contribution in [0.15, 0.2) is 60.7 Å². The Bertz CT molecular complexity index is 1850. The first-order valence-electron chi connectivity index (χ1n) is 17.7. The highest BCUT2D eigenvalue weighted by Crippen LogP contribution is 2.19. The van der Waals surface area contributed by atoms with E-state index >= 15 is 0 Å².